The first-order valence-electron chi connectivity index (χ1n) is 5.52. The Morgan fingerprint density at radius 2 is 2.00 bits per heavy atom. The zero-order valence-electron chi connectivity index (χ0n) is 10.3. The molecule has 0 aliphatic carbocycles. The molecule has 1 N–H and O–H groups in total. The van der Waals surface area contributed by atoms with Gasteiger partial charge in [-0.05, 0) is 31.4 Å². The predicted molar refractivity (Wildman–Crippen MR) is 69.3 cm³/mol. The SMILES string of the molecule is C/C(CC(C)C)=N/Nc1ccc([N+](=O)[O-])cc1. The first-order valence-corrected chi connectivity index (χ1v) is 5.52. The van der Waals surface area contributed by atoms with Crippen LogP contribution in [0.2, 0.25) is 0 Å². The molecule has 1 aromatic rings. The van der Waals surface area contributed by atoms with E-state index >= 15 is 0 Å². The highest BCUT2D eigenvalue weighted by Crippen LogP contribution is 2.15. The maximum atomic E-state index is 10.5. The summed E-state index contributed by atoms with van der Waals surface area (Å²) in [4.78, 5) is 10.0. The number of benzene rings is 1. The Hall–Kier alpha value is -1.91. The van der Waals surface area contributed by atoms with E-state index in [-0.39, 0.29) is 5.69 Å². The minimum absolute atomic E-state index is 0.0819. The van der Waals surface area contributed by atoms with Crippen LogP contribution >= 0.6 is 0 Å². The van der Waals surface area contributed by atoms with Gasteiger partial charge in [0.15, 0.2) is 0 Å². The van der Waals surface area contributed by atoms with Gasteiger partial charge in [-0.1, -0.05) is 13.8 Å². The van der Waals surface area contributed by atoms with Gasteiger partial charge in [0.05, 0.1) is 10.6 Å². The minimum Gasteiger partial charge on any atom is -0.279 e. The van der Waals surface area contributed by atoms with Crippen LogP contribution in [0.25, 0.3) is 0 Å². The molecule has 0 aliphatic rings. The van der Waals surface area contributed by atoms with Gasteiger partial charge in [0.1, 0.15) is 0 Å². The molecule has 0 aliphatic heterocycles. The summed E-state index contributed by atoms with van der Waals surface area (Å²) in [5.74, 6) is 0.567. The van der Waals surface area contributed by atoms with Crippen molar-refractivity contribution in [2.45, 2.75) is 27.2 Å². The van der Waals surface area contributed by atoms with Gasteiger partial charge in [-0.2, -0.15) is 5.10 Å². The predicted octanol–water partition coefficient (Wildman–Crippen LogP) is 3.43. The third-order valence-electron chi connectivity index (χ3n) is 2.16. The average molecular weight is 235 g/mol. The van der Waals surface area contributed by atoms with Gasteiger partial charge in [-0.3, -0.25) is 15.5 Å². The second kappa shape index (κ2) is 5.98. The molecule has 0 heterocycles. The van der Waals surface area contributed by atoms with Crippen molar-refractivity contribution in [3.05, 3.63) is 34.4 Å². The first kappa shape index (κ1) is 13.2. The topological polar surface area (TPSA) is 67.5 Å². The highest BCUT2D eigenvalue weighted by molar-refractivity contribution is 5.82. The van der Waals surface area contributed by atoms with Crippen LogP contribution in [0.5, 0.6) is 0 Å². The highest BCUT2D eigenvalue weighted by atomic mass is 16.6. The van der Waals surface area contributed by atoms with Crippen molar-refractivity contribution in [3.63, 3.8) is 0 Å². The quantitative estimate of drug-likeness (QED) is 0.483. The maximum Gasteiger partial charge on any atom is 0.269 e. The number of rotatable bonds is 5. The molecular weight excluding hydrogens is 218 g/mol. The Kier molecular flexibility index (Phi) is 4.63. The monoisotopic (exact) mass is 235 g/mol. The Morgan fingerprint density at radius 3 is 2.47 bits per heavy atom. The van der Waals surface area contributed by atoms with E-state index < -0.39 is 4.92 Å². The standard InChI is InChI=1S/C12H17N3O2/c1-9(2)8-10(3)13-14-11-4-6-12(7-5-11)15(16)17/h4-7,9,14H,8H2,1-3H3/b13-10-. The Balaban J connectivity index is 2.60. The van der Waals surface area contributed by atoms with Crippen LogP contribution in [0.15, 0.2) is 29.4 Å². The second-order valence-corrected chi connectivity index (χ2v) is 4.36. The number of anilines is 1. The van der Waals surface area contributed by atoms with Crippen molar-refractivity contribution < 1.29 is 4.92 Å². The van der Waals surface area contributed by atoms with Crippen LogP contribution in [0, 0.1) is 16.0 Å². The summed E-state index contributed by atoms with van der Waals surface area (Å²) in [5.41, 5.74) is 4.72. The second-order valence-electron chi connectivity index (χ2n) is 4.36. The van der Waals surface area contributed by atoms with E-state index in [4.69, 9.17) is 0 Å². The van der Waals surface area contributed by atoms with Crippen LogP contribution in [-0.4, -0.2) is 10.6 Å². The molecule has 0 saturated carbocycles. The maximum absolute atomic E-state index is 10.5. The molecular formula is C12H17N3O2. The van der Waals surface area contributed by atoms with Crippen molar-refractivity contribution >= 4 is 17.1 Å². The number of hydrogen-bond donors (Lipinski definition) is 1. The number of nitrogens with one attached hydrogen (secondary N) is 1. The number of nitro groups is 1. The summed E-state index contributed by atoms with van der Waals surface area (Å²) in [6.45, 7) is 6.22. The number of non-ortho nitro benzene ring substituents is 1. The van der Waals surface area contributed by atoms with Gasteiger partial charge in [0.2, 0.25) is 0 Å². The van der Waals surface area contributed by atoms with Gasteiger partial charge in [0.25, 0.3) is 5.69 Å². The summed E-state index contributed by atoms with van der Waals surface area (Å²) < 4.78 is 0. The van der Waals surface area contributed by atoms with Gasteiger partial charge in [0, 0.05) is 17.8 Å². The van der Waals surface area contributed by atoms with Crippen LogP contribution in [-0.2, 0) is 0 Å². The minimum atomic E-state index is -0.420. The van der Waals surface area contributed by atoms with E-state index in [1.807, 2.05) is 6.92 Å². The van der Waals surface area contributed by atoms with Crippen molar-refractivity contribution in [1.29, 1.82) is 0 Å². The smallest absolute Gasteiger partial charge is 0.269 e. The molecule has 0 bridgehead atoms. The molecule has 0 unspecified atom stereocenters. The molecule has 1 aromatic carbocycles. The molecule has 5 heteroatoms. The van der Waals surface area contributed by atoms with Gasteiger partial charge in [-0.15, -0.1) is 0 Å². The Bertz CT molecular complexity index is 410. The third-order valence-corrected chi connectivity index (χ3v) is 2.16. The fourth-order valence-corrected chi connectivity index (χ4v) is 1.45. The first-order chi connectivity index (χ1) is 7.99. The lowest BCUT2D eigenvalue weighted by molar-refractivity contribution is -0.384. The normalized spacial score (nSPS) is 11.6. The summed E-state index contributed by atoms with van der Waals surface area (Å²) >= 11 is 0. The number of hydrogen-bond acceptors (Lipinski definition) is 4. The Labute approximate surface area is 101 Å². The van der Waals surface area contributed by atoms with Gasteiger partial charge >= 0.3 is 0 Å². The summed E-state index contributed by atoms with van der Waals surface area (Å²) in [7, 11) is 0. The average Bonchev–Trinajstić information content (AvgIpc) is 2.26. The van der Waals surface area contributed by atoms with E-state index in [1.54, 1.807) is 12.1 Å². The van der Waals surface area contributed by atoms with E-state index in [0.717, 1.165) is 17.8 Å². The van der Waals surface area contributed by atoms with Gasteiger partial charge < -0.3 is 0 Å². The van der Waals surface area contributed by atoms with Crippen LogP contribution in [0.1, 0.15) is 27.2 Å². The van der Waals surface area contributed by atoms with Crippen molar-refractivity contribution in [1.82, 2.24) is 0 Å². The lowest BCUT2D eigenvalue weighted by Gasteiger charge is -2.05. The number of hydrazone groups is 1. The number of nitro benzene ring substituents is 1. The molecule has 17 heavy (non-hydrogen) atoms. The van der Waals surface area contributed by atoms with E-state index in [0.29, 0.717) is 5.92 Å². The molecule has 92 valence electrons. The Morgan fingerprint density at radius 1 is 1.41 bits per heavy atom. The van der Waals surface area contributed by atoms with E-state index in [1.165, 1.54) is 12.1 Å². The molecule has 1 rings (SSSR count). The summed E-state index contributed by atoms with van der Waals surface area (Å²) in [6.07, 6.45) is 0.931. The van der Waals surface area contributed by atoms with Crippen LogP contribution in [0.4, 0.5) is 11.4 Å². The molecule has 0 atom stereocenters. The van der Waals surface area contributed by atoms with Crippen molar-refractivity contribution in [2.24, 2.45) is 11.0 Å². The fourth-order valence-electron chi connectivity index (χ4n) is 1.45. The molecule has 0 radical (unpaired) electrons. The fraction of sp³-hybridized carbons (Fsp3) is 0.417. The van der Waals surface area contributed by atoms with Crippen molar-refractivity contribution in [3.8, 4) is 0 Å². The highest BCUT2D eigenvalue weighted by Gasteiger charge is 2.03. The molecule has 0 spiro atoms. The van der Waals surface area contributed by atoms with E-state index in [2.05, 4.69) is 24.4 Å². The molecule has 5 nitrogen and oxygen atoms in total. The lowest BCUT2D eigenvalue weighted by Crippen LogP contribution is -2.01. The van der Waals surface area contributed by atoms with Crippen LogP contribution < -0.4 is 5.43 Å². The molecule has 0 saturated heterocycles. The zero-order valence-corrected chi connectivity index (χ0v) is 10.3. The zero-order chi connectivity index (χ0) is 12.8. The summed E-state index contributed by atoms with van der Waals surface area (Å²) in [6, 6.07) is 6.19. The molecule has 0 amide bonds. The van der Waals surface area contributed by atoms with E-state index in [9.17, 15) is 10.1 Å². The number of nitrogens with zero attached hydrogens (tertiary/aromatic N) is 2. The third kappa shape index (κ3) is 4.63. The lowest BCUT2D eigenvalue weighted by atomic mass is 10.1. The molecule has 0 fully saturated rings. The molecule has 0 aromatic heterocycles. The largest absolute Gasteiger partial charge is 0.279 e. The van der Waals surface area contributed by atoms with Crippen LogP contribution in [0.3, 0.4) is 0 Å². The van der Waals surface area contributed by atoms with Gasteiger partial charge in [-0.25, -0.2) is 0 Å². The summed E-state index contributed by atoms with van der Waals surface area (Å²) in [5, 5.41) is 14.7. The van der Waals surface area contributed by atoms with Crippen molar-refractivity contribution in [2.75, 3.05) is 5.43 Å².